The molecule has 1 amide bonds. The molecule has 4 rings (SSSR count). The predicted octanol–water partition coefficient (Wildman–Crippen LogP) is 4.47. The van der Waals surface area contributed by atoms with Gasteiger partial charge in [0, 0.05) is 31.5 Å². The van der Waals surface area contributed by atoms with Crippen molar-refractivity contribution in [2.45, 2.75) is 43.1 Å². The molecule has 11 heteroatoms. The van der Waals surface area contributed by atoms with Gasteiger partial charge in [-0.05, 0) is 54.4 Å². The molecule has 0 aliphatic carbocycles. The fourth-order valence-corrected chi connectivity index (χ4v) is 7.29. The van der Waals surface area contributed by atoms with Gasteiger partial charge in [0.2, 0.25) is 10.0 Å². The highest BCUT2D eigenvalue weighted by Crippen LogP contribution is 2.23. The first-order chi connectivity index (χ1) is 18.0. The average molecular weight is 572 g/mol. The van der Waals surface area contributed by atoms with Gasteiger partial charge in [0.15, 0.2) is 14.6 Å². The molecule has 0 bridgehead atoms. The number of amides is 1. The van der Waals surface area contributed by atoms with Crippen LogP contribution in [0.4, 0.5) is 0 Å². The SMILES string of the molecule is CCCn1c(=NC(=O)c2ccc(S(=O)(=O)N(CC)Cc3ccccc3)cc2)sc2cc(S(C)(=O)=O)ccc21. The summed E-state index contributed by atoms with van der Waals surface area (Å²) in [5.74, 6) is -0.509. The zero-order valence-electron chi connectivity index (χ0n) is 21.4. The van der Waals surface area contributed by atoms with Gasteiger partial charge in [-0.25, -0.2) is 16.8 Å². The van der Waals surface area contributed by atoms with E-state index in [1.54, 1.807) is 25.1 Å². The Labute approximate surface area is 226 Å². The number of hydrogen-bond donors (Lipinski definition) is 0. The Morgan fingerprint density at radius 3 is 2.18 bits per heavy atom. The lowest BCUT2D eigenvalue weighted by atomic mass is 10.2. The maximum absolute atomic E-state index is 13.2. The lowest BCUT2D eigenvalue weighted by Crippen LogP contribution is -2.30. The normalized spacial score (nSPS) is 12.9. The second-order valence-corrected chi connectivity index (χ2v) is 13.8. The third-order valence-electron chi connectivity index (χ3n) is 6.02. The van der Waals surface area contributed by atoms with Gasteiger partial charge < -0.3 is 4.57 Å². The lowest BCUT2D eigenvalue weighted by Gasteiger charge is -2.20. The van der Waals surface area contributed by atoms with E-state index in [9.17, 15) is 21.6 Å². The summed E-state index contributed by atoms with van der Waals surface area (Å²) in [5, 5.41) is 0. The van der Waals surface area contributed by atoms with Gasteiger partial charge in [0.25, 0.3) is 5.91 Å². The number of aryl methyl sites for hydroxylation is 1. The van der Waals surface area contributed by atoms with Gasteiger partial charge in [-0.15, -0.1) is 0 Å². The molecule has 0 saturated heterocycles. The number of fused-ring (bicyclic) bond motifs is 1. The second kappa shape index (κ2) is 11.3. The summed E-state index contributed by atoms with van der Waals surface area (Å²) in [6.45, 7) is 4.95. The number of nitrogens with zero attached hydrogens (tertiary/aromatic N) is 3. The quantitative estimate of drug-likeness (QED) is 0.295. The van der Waals surface area contributed by atoms with Crippen LogP contribution in [0.15, 0.2) is 87.6 Å². The molecule has 0 spiro atoms. The monoisotopic (exact) mass is 571 g/mol. The average Bonchev–Trinajstić information content (AvgIpc) is 3.23. The van der Waals surface area contributed by atoms with Crippen molar-refractivity contribution in [2.24, 2.45) is 4.99 Å². The molecule has 38 heavy (non-hydrogen) atoms. The molecular weight excluding hydrogens is 543 g/mol. The van der Waals surface area contributed by atoms with Gasteiger partial charge >= 0.3 is 0 Å². The van der Waals surface area contributed by atoms with Crippen molar-refractivity contribution in [1.82, 2.24) is 8.87 Å². The summed E-state index contributed by atoms with van der Waals surface area (Å²) in [5.41, 5.74) is 1.94. The molecular formula is C27H29N3O5S3. The number of carbonyl (C=O) groups is 1. The summed E-state index contributed by atoms with van der Waals surface area (Å²) in [4.78, 5) is 18.1. The summed E-state index contributed by atoms with van der Waals surface area (Å²) in [7, 11) is -7.13. The maximum Gasteiger partial charge on any atom is 0.279 e. The summed E-state index contributed by atoms with van der Waals surface area (Å²) < 4.78 is 54.4. The van der Waals surface area contributed by atoms with Gasteiger partial charge in [0.1, 0.15) is 0 Å². The number of benzene rings is 3. The maximum atomic E-state index is 13.2. The summed E-state index contributed by atoms with van der Waals surface area (Å²) in [6, 6.07) is 20.0. The van der Waals surface area contributed by atoms with Crippen LogP contribution in [0.1, 0.15) is 36.2 Å². The highest BCUT2D eigenvalue weighted by atomic mass is 32.2. The highest BCUT2D eigenvalue weighted by Gasteiger charge is 2.23. The minimum absolute atomic E-state index is 0.100. The van der Waals surface area contributed by atoms with E-state index in [0.717, 1.165) is 23.8 Å². The molecule has 0 aliphatic heterocycles. The molecule has 0 radical (unpaired) electrons. The fourth-order valence-electron chi connectivity index (χ4n) is 4.03. The second-order valence-electron chi connectivity index (χ2n) is 8.80. The van der Waals surface area contributed by atoms with Crippen molar-refractivity contribution in [3.05, 3.63) is 88.7 Å². The first kappa shape index (κ1) is 27.9. The Balaban J connectivity index is 1.65. The molecule has 4 aromatic rings. The Morgan fingerprint density at radius 1 is 0.921 bits per heavy atom. The molecule has 8 nitrogen and oxygen atoms in total. The van der Waals surface area contributed by atoms with E-state index < -0.39 is 25.8 Å². The predicted molar refractivity (Wildman–Crippen MR) is 149 cm³/mol. The van der Waals surface area contributed by atoms with Crippen LogP contribution in [-0.2, 0) is 33.0 Å². The van der Waals surface area contributed by atoms with Crippen molar-refractivity contribution in [2.75, 3.05) is 12.8 Å². The smallest absolute Gasteiger partial charge is 0.279 e. The van der Waals surface area contributed by atoms with Gasteiger partial charge in [0.05, 0.1) is 20.0 Å². The summed E-state index contributed by atoms with van der Waals surface area (Å²) in [6.07, 6.45) is 1.95. The molecule has 0 unspecified atom stereocenters. The number of hydrogen-bond acceptors (Lipinski definition) is 6. The molecule has 0 N–H and O–H groups in total. The first-order valence-electron chi connectivity index (χ1n) is 12.1. The van der Waals surface area contributed by atoms with Crippen LogP contribution < -0.4 is 4.80 Å². The van der Waals surface area contributed by atoms with Gasteiger partial charge in [-0.3, -0.25) is 4.79 Å². The summed E-state index contributed by atoms with van der Waals surface area (Å²) >= 11 is 1.24. The Morgan fingerprint density at radius 2 is 1.58 bits per heavy atom. The first-order valence-corrected chi connectivity index (χ1v) is 16.3. The van der Waals surface area contributed by atoms with E-state index in [2.05, 4.69) is 4.99 Å². The molecule has 3 aromatic carbocycles. The van der Waals surface area contributed by atoms with Crippen LogP contribution in [0.5, 0.6) is 0 Å². The molecule has 1 heterocycles. The molecule has 1 aromatic heterocycles. The van der Waals surface area contributed by atoms with Crippen molar-refractivity contribution in [1.29, 1.82) is 0 Å². The van der Waals surface area contributed by atoms with Crippen LogP contribution >= 0.6 is 11.3 Å². The minimum atomic E-state index is -3.76. The largest absolute Gasteiger partial charge is 0.316 e. The van der Waals surface area contributed by atoms with Gasteiger partial charge in [-0.1, -0.05) is 55.5 Å². The van der Waals surface area contributed by atoms with Gasteiger partial charge in [-0.2, -0.15) is 9.30 Å². The lowest BCUT2D eigenvalue weighted by molar-refractivity contribution is 0.0997. The van der Waals surface area contributed by atoms with Crippen LogP contribution in [0.25, 0.3) is 10.2 Å². The fraction of sp³-hybridized carbons (Fsp3) is 0.259. The molecule has 0 saturated carbocycles. The molecule has 0 atom stereocenters. The molecule has 0 fully saturated rings. The number of sulfone groups is 1. The van der Waals surface area contributed by atoms with E-state index in [-0.39, 0.29) is 21.9 Å². The number of rotatable bonds is 9. The number of aromatic nitrogens is 1. The number of thiazole rings is 1. The van der Waals surface area contributed by atoms with E-state index in [0.29, 0.717) is 22.6 Å². The van der Waals surface area contributed by atoms with Crippen molar-refractivity contribution in [3.63, 3.8) is 0 Å². The Bertz CT molecular complexity index is 1740. The zero-order valence-corrected chi connectivity index (χ0v) is 23.8. The third-order valence-corrected chi connectivity index (χ3v) is 10.1. The Hall–Kier alpha value is -3.12. The third kappa shape index (κ3) is 5.96. The molecule has 0 aliphatic rings. The van der Waals surface area contributed by atoms with Crippen LogP contribution in [-0.4, -0.2) is 44.4 Å². The molecule has 200 valence electrons. The van der Waals surface area contributed by atoms with Crippen molar-refractivity contribution in [3.8, 4) is 0 Å². The highest BCUT2D eigenvalue weighted by molar-refractivity contribution is 7.90. The topological polar surface area (TPSA) is 106 Å². The standard InChI is InChI=1S/C27H29N3O5S3/c1-4-17-30-24-16-15-23(37(3,32)33)18-25(24)36-27(30)28-26(31)21-11-13-22(14-12-21)38(34,35)29(5-2)19-20-9-7-6-8-10-20/h6-16,18H,4-5,17,19H2,1-3H3. The van der Waals surface area contributed by atoms with E-state index in [4.69, 9.17) is 0 Å². The van der Waals surface area contributed by atoms with Crippen LogP contribution in [0.2, 0.25) is 0 Å². The zero-order chi connectivity index (χ0) is 27.5. The number of sulfonamides is 1. The van der Waals surface area contributed by atoms with E-state index >= 15 is 0 Å². The minimum Gasteiger partial charge on any atom is -0.316 e. The number of carbonyl (C=O) groups excluding carboxylic acids is 1. The Kier molecular flexibility index (Phi) is 8.31. The van der Waals surface area contributed by atoms with Crippen molar-refractivity contribution < 1.29 is 21.6 Å². The van der Waals surface area contributed by atoms with Crippen molar-refractivity contribution >= 4 is 47.3 Å². The van der Waals surface area contributed by atoms with E-state index in [1.165, 1.54) is 39.9 Å². The van der Waals surface area contributed by atoms with Crippen LogP contribution in [0.3, 0.4) is 0 Å². The van der Waals surface area contributed by atoms with E-state index in [1.807, 2.05) is 41.8 Å². The van der Waals surface area contributed by atoms with Crippen LogP contribution in [0, 0.1) is 0 Å².